The Morgan fingerprint density at radius 3 is 2.81 bits per heavy atom. The Hall–Kier alpha value is -3.66. The summed E-state index contributed by atoms with van der Waals surface area (Å²) in [6, 6.07) is -0.959. The molecule has 0 aromatic carbocycles. The quantitative estimate of drug-likeness (QED) is 0.129. The van der Waals surface area contributed by atoms with Crippen molar-refractivity contribution in [2.75, 3.05) is 25.6 Å². The van der Waals surface area contributed by atoms with Crippen LogP contribution in [0.1, 0.15) is 5.69 Å². The molecule has 7 N–H and O–H groups in total. The Morgan fingerprint density at radius 2 is 2.22 bits per heavy atom. The van der Waals surface area contributed by atoms with Gasteiger partial charge in [-0.1, -0.05) is 5.16 Å². The molecular weight excluding hydrogens is 462 g/mol. The van der Waals surface area contributed by atoms with Crippen molar-refractivity contribution in [3.05, 3.63) is 22.3 Å². The number of nitrogens with one attached hydrogen (secondary N) is 2. The predicted octanol–water partition coefficient (Wildman–Crippen LogP) is -1.67. The number of aromatic nitrogens is 1. The first kappa shape index (κ1) is 23.0. The monoisotopic (exact) mass is 481 g/mol. The zero-order valence-corrected chi connectivity index (χ0v) is 18.4. The molecule has 16 heteroatoms. The second-order valence-corrected chi connectivity index (χ2v) is 8.21. The highest BCUT2D eigenvalue weighted by Gasteiger charge is 2.54. The number of amides is 2. The maximum atomic E-state index is 12.7. The van der Waals surface area contributed by atoms with Crippen LogP contribution < -0.4 is 22.2 Å². The van der Waals surface area contributed by atoms with Crippen molar-refractivity contribution < 1.29 is 24.3 Å². The number of hydrazone groups is 1. The lowest BCUT2D eigenvalue weighted by Gasteiger charge is -2.49. The fourth-order valence-electron chi connectivity index (χ4n) is 2.87. The maximum absolute atomic E-state index is 12.7. The van der Waals surface area contributed by atoms with Crippen molar-refractivity contribution in [1.82, 2.24) is 20.6 Å². The molecule has 1 aromatic rings. The lowest BCUT2D eigenvalue weighted by atomic mass is 10.0. The summed E-state index contributed by atoms with van der Waals surface area (Å²) in [6.07, 6.45) is 1.26. The van der Waals surface area contributed by atoms with Crippen molar-refractivity contribution in [3.8, 4) is 0 Å². The van der Waals surface area contributed by atoms with E-state index in [0.717, 1.165) is 16.2 Å². The molecule has 1 aromatic heterocycles. The van der Waals surface area contributed by atoms with Crippen LogP contribution >= 0.6 is 23.1 Å². The number of fused-ring (bicyclic) bond motifs is 1. The van der Waals surface area contributed by atoms with Crippen LogP contribution in [0, 0.1) is 0 Å². The lowest BCUT2D eigenvalue weighted by Crippen LogP contribution is -2.71. The number of nitrogen functional groups attached to an aromatic ring is 1. The molecule has 1 saturated heterocycles. The minimum absolute atomic E-state index is 0.0401. The number of rotatable bonds is 7. The van der Waals surface area contributed by atoms with E-state index in [0.29, 0.717) is 5.57 Å². The summed E-state index contributed by atoms with van der Waals surface area (Å²) in [5.41, 5.74) is 13.6. The molecule has 0 aliphatic carbocycles. The number of carboxylic acid groups (broad SMARTS) is 1. The number of carboxylic acids is 1. The molecule has 0 radical (unpaired) electrons. The number of hydrogen-bond donors (Lipinski definition) is 5. The second-order valence-electron chi connectivity index (χ2n) is 6.21. The van der Waals surface area contributed by atoms with Crippen LogP contribution in [-0.2, 0) is 19.2 Å². The molecule has 1 fully saturated rings. The summed E-state index contributed by atoms with van der Waals surface area (Å²) < 4.78 is 0. The number of β-lactam (4-membered cyclic amide) rings is 1. The molecule has 2 aliphatic rings. The largest absolute Gasteiger partial charge is 0.477 e. The van der Waals surface area contributed by atoms with Gasteiger partial charge in [0, 0.05) is 23.8 Å². The number of anilines is 1. The average molecular weight is 482 g/mol. The maximum Gasteiger partial charge on any atom is 0.353 e. The number of hydrogen-bond acceptors (Lipinski definition) is 11. The van der Waals surface area contributed by atoms with Crippen LogP contribution in [0.15, 0.2) is 31.9 Å². The fraction of sp³-hybridized carbons (Fsp3) is 0.312. The van der Waals surface area contributed by atoms with E-state index in [4.69, 9.17) is 16.3 Å². The number of thioether (sulfide) groups is 1. The van der Waals surface area contributed by atoms with Crippen LogP contribution in [-0.4, -0.2) is 82.0 Å². The highest BCUT2D eigenvalue weighted by atomic mass is 32.2. The van der Waals surface area contributed by atoms with Crippen LogP contribution in [0.3, 0.4) is 0 Å². The Balaban J connectivity index is 1.77. The van der Waals surface area contributed by atoms with Gasteiger partial charge in [-0.25, -0.2) is 15.2 Å². The van der Waals surface area contributed by atoms with Gasteiger partial charge in [0.2, 0.25) is 5.96 Å². The molecule has 3 heterocycles. The molecule has 0 saturated carbocycles. The van der Waals surface area contributed by atoms with E-state index in [9.17, 15) is 19.5 Å². The normalized spacial score (nSPS) is 21.3. The van der Waals surface area contributed by atoms with Gasteiger partial charge < -0.3 is 26.7 Å². The number of aliphatic imine (C=N–C) groups is 1. The summed E-state index contributed by atoms with van der Waals surface area (Å²) in [5.74, 6) is -2.32. The number of carbonyl (C=O) groups excluding carboxylic acids is 2. The van der Waals surface area contributed by atoms with E-state index in [1.54, 1.807) is 0 Å². The number of nitrogens with two attached hydrogens (primary N) is 2. The summed E-state index contributed by atoms with van der Waals surface area (Å²) in [6.45, 7) is 0. The van der Waals surface area contributed by atoms with Crippen molar-refractivity contribution >= 4 is 63.9 Å². The van der Waals surface area contributed by atoms with Crippen LogP contribution in [0.2, 0.25) is 0 Å². The minimum atomic E-state index is -1.30. The van der Waals surface area contributed by atoms with Crippen molar-refractivity contribution in [1.29, 1.82) is 0 Å². The molecule has 170 valence electrons. The van der Waals surface area contributed by atoms with Gasteiger partial charge >= 0.3 is 5.97 Å². The number of carbonyl (C=O) groups is 3. The zero-order chi connectivity index (χ0) is 23.4. The highest BCUT2D eigenvalue weighted by molar-refractivity contribution is 8.00. The molecule has 3 rings (SSSR count). The molecule has 2 aliphatic heterocycles. The SMILES string of the molecule is CN=C(N)N/N=C\C1=C(C(=O)O)N2C(=O)C(NC(=O)C(=NOC)c3csc(N)n3)[C@H]2SC1. The second kappa shape index (κ2) is 9.65. The first-order valence-corrected chi connectivity index (χ1v) is 10.8. The lowest BCUT2D eigenvalue weighted by molar-refractivity contribution is -0.150. The van der Waals surface area contributed by atoms with E-state index in [1.807, 2.05) is 0 Å². The van der Waals surface area contributed by atoms with Crippen LogP contribution in [0.25, 0.3) is 0 Å². The Bertz CT molecular complexity index is 1060. The predicted molar refractivity (Wildman–Crippen MR) is 119 cm³/mol. The number of guanidine groups is 1. The first-order valence-electron chi connectivity index (χ1n) is 8.84. The Labute approximate surface area is 189 Å². The van der Waals surface area contributed by atoms with Crippen molar-refractivity contribution in [3.63, 3.8) is 0 Å². The summed E-state index contributed by atoms with van der Waals surface area (Å²) in [4.78, 5) is 50.8. The standard InChI is InChI=1S/C16H19N9O5S2/c1-19-15(17)23-20-3-6-4-31-13-9(12(27)25(13)10(6)14(28)29)22-11(26)8(24-30-2)7-5-32-16(18)21-7/h3,5,9,13H,4H2,1-2H3,(H2,18,21)(H,22,26)(H,28,29)(H3,17,19,23)/b20-3-,24-8?/t9?,13-/m1/s1. The van der Waals surface area contributed by atoms with Crippen molar-refractivity contribution in [2.24, 2.45) is 21.0 Å². The van der Waals surface area contributed by atoms with Gasteiger partial charge in [0.25, 0.3) is 11.8 Å². The number of nitrogens with zero attached hydrogens (tertiary/aromatic N) is 5. The van der Waals surface area contributed by atoms with Gasteiger partial charge in [-0.05, 0) is 0 Å². The molecule has 14 nitrogen and oxygen atoms in total. The van der Waals surface area contributed by atoms with Gasteiger partial charge in [-0.2, -0.15) is 5.10 Å². The van der Waals surface area contributed by atoms with Gasteiger partial charge in [-0.3, -0.25) is 19.5 Å². The van der Waals surface area contributed by atoms with Crippen molar-refractivity contribution in [2.45, 2.75) is 11.4 Å². The van der Waals surface area contributed by atoms with E-state index in [-0.39, 0.29) is 33.9 Å². The third kappa shape index (κ3) is 4.50. The number of thiazole rings is 1. The molecule has 1 unspecified atom stereocenters. The third-order valence-corrected chi connectivity index (χ3v) is 6.27. The van der Waals surface area contributed by atoms with E-state index in [1.165, 1.54) is 37.5 Å². The van der Waals surface area contributed by atoms with Gasteiger partial charge in [0.05, 0.1) is 6.21 Å². The van der Waals surface area contributed by atoms with Gasteiger partial charge in [0.1, 0.15) is 29.9 Å². The molecule has 2 amide bonds. The van der Waals surface area contributed by atoms with Crippen LogP contribution in [0.4, 0.5) is 5.13 Å². The van der Waals surface area contributed by atoms with Crippen LogP contribution in [0.5, 0.6) is 0 Å². The summed E-state index contributed by atoms with van der Waals surface area (Å²) >= 11 is 2.38. The van der Waals surface area contributed by atoms with E-state index in [2.05, 4.69) is 31.0 Å². The third-order valence-electron chi connectivity index (χ3n) is 4.29. The smallest absolute Gasteiger partial charge is 0.353 e. The zero-order valence-electron chi connectivity index (χ0n) is 16.8. The Morgan fingerprint density at radius 1 is 1.47 bits per heavy atom. The number of aliphatic carboxylic acids is 1. The van der Waals surface area contributed by atoms with E-state index < -0.39 is 29.2 Å². The fourth-order valence-corrected chi connectivity index (χ4v) is 4.72. The molecule has 2 atom stereocenters. The molecule has 0 spiro atoms. The minimum Gasteiger partial charge on any atom is -0.477 e. The Kier molecular flexibility index (Phi) is 6.94. The first-order chi connectivity index (χ1) is 15.3. The molecule has 0 bridgehead atoms. The summed E-state index contributed by atoms with van der Waals surface area (Å²) in [5, 5.41) is 20.9. The number of oxime groups is 1. The summed E-state index contributed by atoms with van der Waals surface area (Å²) in [7, 11) is 2.72. The topological polar surface area (TPSA) is 210 Å². The van der Waals surface area contributed by atoms with E-state index >= 15 is 0 Å². The van der Waals surface area contributed by atoms with Gasteiger partial charge in [0.15, 0.2) is 10.8 Å². The highest BCUT2D eigenvalue weighted by Crippen LogP contribution is 2.39. The molecule has 32 heavy (non-hydrogen) atoms. The van der Waals surface area contributed by atoms with Gasteiger partial charge in [-0.15, -0.1) is 23.1 Å². The average Bonchev–Trinajstić information content (AvgIpc) is 3.20. The molecular formula is C16H19N9O5S2.